The highest BCUT2D eigenvalue weighted by atomic mass is 19.4. The van der Waals surface area contributed by atoms with Crippen LogP contribution in [0, 0.1) is 5.92 Å². The van der Waals surface area contributed by atoms with Crippen molar-refractivity contribution in [2.45, 2.75) is 62.3 Å². The number of aliphatic hydroxyl groups is 1. The van der Waals surface area contributed by atoms with Gasteiger partial charge in [-0.25, -0.2) is 8.78 Å². The quantitative estimate of drug-likeness (QED) is 0.654. The van der Waals surface area contributed by atoms with Crippen LogP contribution >= 0.6 is 0 Å². The van der Waals surface area contributed by atoms with Crippen molar-refractivity contribution in [3.8, 4) is 0 Å². The minimum absolute atomic E-state index is 0.00228. The Balaban J connectivity index is 1.57. The third-order valence-electron chi connectivity index (χ3n) is 6.93. The lowest BCUT2D eigenvalue weighted by Gasteiger charge is -2.36. The van der Waals surface area contributed by atoms with E-state index in [1.807, 2.05) is 0 Å². The topological polar surface area (TPSA) is 65.7 Å². The van der Waals surface area contributed by atoms with Gasteiger partial charge in [0, 0.05) is 17.8 Å². The zero-order valence-corrected chi connectivity index (χ0v) is 17.1. The first kappa shape index (κ1) is 21.5. The summed E-state index contributed by atoms with van der Waals surface area (Å²) in [6.45, 7) is -0.663. The first-order chi connectivity index (χ1) is 15.0. The van der Waals surface area contributed by atoms with Crippen molar-refractivity contribution >= 4 is 22.6 Å². The number of hydrogen-bond donors (Lipinski definition) is 2. The number of furan rings is 1. The van der Waals surface area contributed by atoms with E-state index in [0.717, 1.165) is 18.2 Å². The number of aliphatic hydroxyl groups excluding tert-OH is 1. The van der Waals surface area contributed by atoms with Crippen molar-refractivity contribution in [3.63, 3.8) is 0 Å². The molecule has 0 unspecified atom stereocenters. The maximum absolute atomic E-state index is 15.4. The number of alkyl halides is 5. The zero-order valence-electron chi connectivity index (χ0n) is 17.1. The number of hydrogen-bond acceptors (Lipinski definition) is 4. The first-order valence-corrected chi connectivity index (χ1v) is 10.7. The fourth-order valence-corrected chi connectivity index (χ4v) is 4.96. The van der Waals surface area contributed by atoms with Gasteiger partial charge in [0.05, 0.1) is 29.4 Å². The van der Waals surface area contributed by atoms with Gasteiger partial charge in [0.1, 0.15) is 5.58 Å². The van der Waals surface area contributed by atoms with Crippen LogP contribution < -0.4 is 10.2 Å². The van der Waals surface area contributed by atoms with Crippen molar-refractivity contribution in [3.05, 3.63) is 29.5 Å². The van der Waals surface area contributed by atoms with Crippen LogP contribution in [-0.2, 0) is 6.18 Å². The fourth-order valence-electron chi connectivity index (χ4n) is 4.96. The molecule has 5 nitrogen and oxygen atoms in total. The van der Waals surface area contributed by atoms with Crippen LogP contribution in [-0.4, -0.2) is 41.7 Å². The number of halogens is 5. The summed E-state index contributed by atoms with van der Waals surface area (Å²) in [4.78, 5) is 14.1. The molecule has 2 aromatic rings. The Hall–Kier alpha value is -2.36. The van der Waals surface area contributed by atoms with Crippen LogP contribution in [0.2, 0.25) is 0 Å². The monoisotopic (exact) mass is 458 g/mol. The molecular formula is C22H23F5N2O3. The number of anilines is 1. The van der Waals surface area contributed by atoms with Crippen molar-refractivity contribution in [1.82, 2.24) is 5.32 Å². The molecule has 2 N–H and O–H groups in total. The minimum Gasteiger partial charge on any atom is -0.449 e. The summed E-state index contributed by atoms with van der Waals surface area (Å²) in [5.74, 6) is -4.93. The van der Waals surface area contributed by atoms with Gasteiger partial charge in [0.25, 0.3) is 11.8 Å². The molecule has 174 valence electrons. The highest BCUT2D eigenvalue weighted by Gasteiger charge is 2.52. The van der Waals surface area contributed by atoms with Crippen molar-refractivity contribution in [2.24, 2.45) is 5.92 Å². The zero-order chi connectivity index (χ0) is 22.9. The molecule has 1 aliphatic heterocycles. The van der Waals surface area contributed by atoms with Crippen LogP contribution in [0.25, 0.3) is 11.0 Å². The summed E-state index contributed by atoms with van der Waals surface area (Å²) in [6.07, 6.45) is -3.08. The molecule has 0 radical (unpaired) electrons. The molecule has 2 fully saturated rings. The average molecular weight is 458 g/mol. The second-order valence-corrected chi connectivity index (χ2v) is 9.35. The lowest BCUT2D eigenvalue weighted by atomic mass is 9.83. The molecule has 1 aromatic carbocycles. The molecule has 5 rings (SSSR count). The number of carbonyl (C=O) groups excluding carboxylic acids is 1. The third kappa shape index (κ3) is 3.72. The Kier molecular flexibility index (Phi) is 4.75. The first-order valence-electron chi connectivity index (χ1n) is 10.7. The van der Waals surface area contributed by atoms with E-state index in [0.29, 0.717) is 25.7 Å². The SMILES string of the molecule is O=C1NC2(CC2)CN(CC(F)(F)C2CCC(O)CC2)c2c1oc1ccc(C(F)(F)F)cc21. The van der Waals surface area contributed by atoms with Gasteiger partial charge in [-0.15, -0.1) is 0 Å². The molecule has 2 saturated carbocycles. The number of amides is 1. The molecule has 1 spiro atoms. The summed E-state index contributed by atoms with van der Waals surface area (Å²) < 4.78 is 76.3. The Bertz CT molecular complexity index is 1050. The summed E-state index contributed by atoms with van der Waals surface area (Å²) in [5, 5.41) is 12.5. The van der Waals surface area contributed by atoms with Gasteiger partial charge in [-0.3, -0.25) is 4.79 Å². The van der Waals surface area contributed by atoms with Crippen LogP contribution in [0.3, 0.4) is 0 Å². The Morgan fingerprint density at radius 1 is 1.12 bits per heavy atom. The second kappa shape index (κ2) is 7.07. The van der Waals surface area contributed by atoms with Crippen LogP contribution in [0.15, 0.2) is 22.6 Å². The van der Waals surface area contributed by atoms with E-state index in [2.05, 4.69) is 5.32 Å². The Morgan fingerprint density at radius 3 is 2.44 bits per heavy atom. The molecule has 1 amide bonds. The van der Waals surface area contributed by atoms with E-state index in [-0.39, 0.29) is 41.8 Å². The van der Waals surface area contributed by atoms with Gasteiger partial charge in [-0.2, -0.15) is 13.2 Å². The lowest BCUT2D eigenvalue weighted by Crippen LogP contribution is -2.48. The van der Waals surface area contributed by atoms with Gasteiger partial charge in [-0.05, 0) is 56.7 Å². The maximum atomic E-state index is 15.4. The van der Waals surface area contributed by atoms with Crippen LogP contribution in [0.5, 0.6) is 0 Å². The van der Waals surface area contributed by atoms with E-state index >= 15 is 8.78 Å². The molecule has 1 aromatic heterocycles. The molecule has 0 bridgehead atoms. The summed E-state index contributed by atoms with van der Waals surface area (Å²) >= 11 is 0. The summed E-state index contributed by atoms with van der Waals surface area (Å²) in [7, 11) is 0. The van der Waals surface area contributed by atoms with E-state index in [9.17, 15) is 23.1 Å². The van der Waals surface area contributed by atoms with E-state index in [1.165, 1.54) is 4.90 Å². The smallest absolute Gasteiger partial charge is 0.416 e. The number of rotatable bonds is 3. The van der Waals surface area contributed by atoms with Crippen molar-refractivity contribution in [1.29, 1.82) is 0 Å². The molecule has 10 heteroatoms. The number of fused-ring (bicyclic) bond motifs is 3. The molecular weight excluding hydrogens is 435 g/mol. The van der Waals surface area contributed by atoms with Crippen LogP contribution in [0.4, 0.5) is 27.6 Å². The van der Waals surface area contributed by atoms with Crippen LogP contribution in [0.1, 0.15) is 54.6 Å². The van der Waals surface area contributed by atoms with E-state index < -0.39 is 47.7 Å². The lowest BCUT2D eigenvalue weighted by molar-refractivity contribution is -0.137. The molecule has 2 heterocycles. The normalized spacial score (nSPS) is 25.6. The van der Waals surface area contributed by atoms with Gasteiger partial charge >= 0.3 is 6.18 Å². The minimum atomic E-state index is -4.62. The van der Waals surface area contributed by atoms with Crippen molar-refractivity contribution < 1.29 is 36.3 Å². The van der Waals surface area contributed by atoms with Gasteiger partial charge in [0.2, 0.25) is 5.76 Å². The highest BCUT2D eigenvalue weighted by Crippen LogP contribution is 2.47. The molecule has 3 aliphatic rings. The highest BCUT2D eigenvalue weighted by molar-refractivity contribution is 6.08. The van der Waals surface area contributed by atoms with E-state index in [1.54, 1.807) is 0 Å². The number of carbonyl (C=O) groups is 1. The largest absolute Gasteiger partial charge is 0.449 e. The van der Waals surface area contributed by atoms with Crippen molar-refractivity contribution in [2.75, 3.05) is 18.0 Å². The Morgan fingerprint density at radius 2 is 1.81 bits per heavy atom. The van der Waals surface area contributed by atoms with E-state index in [4.69, 9.17) is 4.42 Å². The summed E-state index contributed by atoms with van der Waals surface area (Å²) in [6, 6.07) is 2.82. The number of nitrogens with zero attached hydrogens (tertiary/aromatic N) is 1. The molecule has 32 heavy (non-hydrogen) atoms. The molecule has 0 saturated heterocycles. The predicted octanol–water partition coefficient (Wildman–Crippen LogP) is 4.72. The fraction of sp³-hybridized carbons (Fsp3) is 0.591. The Labute approximate surface area is 180 Å². The standard InChI is InChI=1S/C22H23F5N2O3/c23-21(24,12-1-4-14(30)5-2-12)11-29-10-20(7-8-20)28-19(31)18-17(29)15-9-13(22(25,26)27)3-6-16(15)32-18/h3,6,9,12,14,30H,1-2,4-5,7-8,10-11H2,(H,28,31). The molecule has 0 atom stereocenters. The summed E-state index contributed by atoms with van der Waals surface area (Å²) in [5.41, 5.74) is -1.58. The van der Waals surface area contributed by atoms with Gasteiger partial charge in [-0.1, -0.05) is 0 Å². The molecule has 2 aliphatic carbocycles. The third-order valence-corrected chi connectivity index (χ3v) is 6.93. The maximum Gasteiger partial charge on any atom is 0.416 e. The number of benzene rings is 1. The number of nitrogens with one attached hydrogen (secondary N) is 1. The van der Waals surface area contributed by atoms with Gasteiger partial charge in [0.15, 0.2) is 0 Å². The second-order valence-electron chi connectivity index (χ2n) is 9.35. The average Bonchev–Trinajstić information content (AvgIpc) is 3.35. The predicted molar refractivity (Wildman–Crippen MR) is 106 cm³/mol. The van der Waals surface area contributed by atoms with Gasteiger partial charge < -0.3 is 19.7 Å².